The molecule has 2 fully saturated rings. The Bertz CT molecular complexity index is 238. The van der Waals surface area contributed by atoms with Crippen molar-refractivity contribution in [1.29, 1.82) is 0 Å². The van der Waals surface area contributed by atoms with Crippen LogP contribution in [-0.2, 0) is 0 Å². The zero-order valence-corrected chi connectivity index (χ0v) is 10.1. The van der Waals surface area contributed by atoms with E-state index in [0.717, 1.165) is 32.1 Å². The molecule has 5 heteroatoms. The first kappa shape index (κ1) is 13.1. The third-order valence-electron chi connectivity index (χ3n) is 3.58. The number of hydrogen-bond acceptors (Lipinski definition) is 2. The zero-order valence-electron chi connectivity index (χ0n) is 10.1. The second kappa shape index (κ2) is 5.57. The van der Waals surface area contributed by atoms with Crippen LogP contribution in [0.3, 0.4) is 0 Å². The Morgan fingerprint density at radius 1 is 1.18 bits per heavy atom. The predicted molar refractivity (Wildman–Crippen MR) is 60.9 cm³/mol. The van der Waals surface area contributed by atoms with Gasteiger partial charge in [-0.3, -0.25) is 0 Å². The molecule has 0 aromatic rings. The number of likely N-dealkylation sites (tertiary alicyclic amines) is 1. The van der Waals surface area contributed by atoms with Gasteiger partial charge in [-0.25, -0.2) is 0 Å². The molecule has 0 radical (unpaired) electrons. The number of alkyl halides is 3. The van der Waals surface area contributed by atoms with Gasteiger partial charge in [0.05, 0.1) is 0 Å². The predicted octanol–water partition coefficient (Wildman–Crippen LogP) is 2.40. The lowest BCUT2D eigenvalue weighted by atomic mass is 10.1. The summed E-state index contributed by atoms with van der Waals surface area (Å²) in [4.78, 5) is 2.17. The summed E-state index contributed by atoms with van der Waals surface area (Å²) in [5.74, 6) is 0.640. The Kier molecular flexibility index (Phi) is 4.31. The normalized spacial score (nSPS) is 26.6. The van der Waals surface area contributed by atoms with Gasteiger partial charge in [0.15, 0.2) is 0 Å². The third kappa shape index (κ3) is 5.25. The molecule has 0 bridgehead atoms. The minimum Gasteiger partial charge on any atom is -0.314 e. The largest absolute Gasteiger partial charge is 0.389 e. The lowest BCUT2D eigenvalue weighted by molar-refractivity contribution is -0.136. The Labute approximate surface area is 101 Å². The van der Waals surface area contributed by atoms with Crippen molar-refractivity contribution in [3.8, 4) is 0 Å². The highest BCUT2D eigenvalue weighted by atomic mass is 19.4. The summed E-state index contributed by atoms with van der Waals surface area (Å²) in [7, 11) is 0. The van der Waals surface area contributed by atoms with Crippen molar-refractivity contribution in [3.63, 3.8) is 0 Å². The first-order valence-electron chi connectivity index (χ1n) is 6.55. The molecule has 1 heterocycles. The topological polar surface area (TPSA) is 15.3 Å². The summed E-state index contributed by atoms with van der Waals surface area (Å²) >= 11 is 0. The molecule has 1 saturated carbocycles. The first-order valence-corrected chi connectivity index (χ1v) is 6.55. The highest BCUT2D eigenvalue weighted by Gasteiger charge is 2.29. The Morgan fingerprint density at radius 3 is 2.59 bits per heavy atom. The molecule has 1 atom stereocenters. The van der Waals surface area contributed by atoms with E-state index in [2.05, 4.69) is 10.2 Å². The molecular weight excluding hydrogens is 229 g/mol. The SMILES string of the molecule is FC(F)(F)CCCN1CCC(CNC2CC2)C1. The van der Waals surface area contributed by atoms with Crippen LogP contribution in [0.1, 0.15) is 32.1 Å². The average molecular weight is 250 g/mol. The molecule has 17 heavy (non-hydrogen) atoms. The molecule has 100 valence electrons. The summed E-state index contributed by atoms with van der Waals surface area (Å²) in [6.07, 6.45) is -0.677. The lowest BCUT2D eigenvalue weighted by Gasteiger charge is -2.16. The summed E-state index contributed by atoms with van der Waals surface area (Å²) in [6, 6.07) is 0.731. The van der Waals surface area contributed by atoms with Gasteiger partial charge in [-0.2, -0.15) is 13.2 Å². The van der Waals surface area contributed by atoms with E-state index in [4.69, 9.17) is 0 Å². The second-order valence-corrected chi connectivity index (χ2v) is 5.36. The Hall–Kier alpha value is -0.290. The maximum Gasteiger partial charge on any atom is 0.389 e. The van der Waals surface area contributed by atoms with Crippen molar-refractivity contribution in [1.82, 2.24) is 10.2 Å². The molecule has 2 rings (SSSR count). The molecule has 2 nitrogen and oxygen atoms in total. The van der Waals surface area contributed by atoms with Crippen molar-refractivity contribution in [2.24, 2.45) is 5.92 Å². The van der Waals surface area contributed by atoms with E-state index in [1.807, 2.05) is 0 Å². The molecule has 1 N–H and O–H groups in total. The Morgan fingerprint density at radius 2 is 1.94 bits per heavy atom. The fraction of sp³-hybridized carbons (Fsp3) is 1.00. The Balaban J connectivity index is 1.54. The van der Waals surface area contributed by atoms with E-state index in [-0.39, 0.29) is 6.42 Å². The van der Waals surface area contributed by atoms with Gasteiger partial charge in [-0.05, 0) is 51.2 Å². The zero-order chi connectivity index (χ0) is 12.3. The summed E-state index contributed by atoms with van der Waals surface area (Å²) < 4.78 is 36.0. The van der Waals surface area contributed by atoms with Gasteiger partial charge in [-0.15, -0.1) is 0 Å². The van der Waals surface area contributed by atoms with Crippen molar-refractivity contribution in [2.75, 3.05) is 26.2 Å². The molecule has 1 saturated heterocycles. The van der Waals surface area contributed by atoms with Crippen LogP contribution in [0, 0.1) is 5.92 Å². The monoisotopic (exact) mass is 250 g/mol. The number of halogens is 3. The lowest BCUT2D eigenvalue weighted by Crippen LogP contribution is -2.28. The van der Waals surface area contributed by atoms with Crippen molar-refractivity contribution in [3.05, 3.63) is 0 Å². The maximum atomic E-state index is 12.0. The van der Waals surface area contributed by atoms with Gasteiger partial charge in [0.25, 0.3) is 0 Å². The van der Waals surface area contributed by atoms with Gasteiger partial charge >= 0.3 is 6.18 Å². The van der Waals surface area contributed by atoms with Crippen LogP contribution in [0.25, 0.3) is 0 Å². The van der Waals surface area contributed by atoms with Crippen LogP contribution in [0.2, 0.25) is 0 Å². The van der Waals surface area contributed by atoms with E-state index in [0.29, 0.717) is 12.5 Å². The van der Waals surface area contributed by atoms with Gasteiger partial charge in [0, 0.05) is 19.0 Å². The van der Waals surface area contributed by atoms with Crippen LogP contribution >= 0.6 is 0 Å². The van der Waals surface area contributed by atoms with Crippen LogP contribution in [-0.4, -0.2) is 43.3 Å². The molecular formula is C12H21F3N2. The highest BCUT2D eigenvalue weighted by molar-refractivity contribution is 4.84. The van der Waals surface area contributed by atoms with Gasteiger partial charge in [0.2, 0.25) is 0 Å². The highest BCUT2D eigenvalue weighted by Crippen LogP contribution is 2.24. The van der Waals surface area contributed by atoms with Gasteiger partial charge in [-0.1, -0.05) is 0 Å². The fourth-order valence-corrected chi connectivity index (χ4v) is 2.41. The first-order chi connectivity index (χ1) is 8.03. The fourth-order valence-electron chi connectivity index (χ4n) is 2.41. The second-order valence-electron chi connectivity index (χ2n) is 5.36. The van der Waals surface area contributed by atoms with Crippen LogP contribution in [0.5, 0.6) is 0 Å². The summed E-state index contributed by atoms with van der Waals surface area (Å²) in [6.45, 7) is 3.58. The molecule has 0 aromatic heterocycles. The molecule has 0 amide bonds. The summed E-state index contributed by atoms with van der Waals surface area (Å²) in [5.41, 5.74) is 0. The molecule has 0 spiro atoms. The number of rotatable bonds is 6. The standard InChI is InChI=1S/C12H21F3N2/c13-12(14,15)5-1-6-17-7-4-10(9-17)8-16-11-2-3-11/h10-11,16H,1-9H2. The van der Waals surface area contributed by atoms with E-state index >= 15 is 0 Å². The van der Waals surface area contributed by atoms with Crippen molar-refractivity contribution >= 4 is 0 Å². The molecule has 1 unspecified atom stereocenters. The number of hydrogen-bond donors (Lipinski definition) is 1. The molecule has 1 aliphatic carbocycles. The minimum atomic E-state index is -3.99. The maximum absolute atomic E-state index is 12.0. The summed E-state index contributed by atoms with van der Waals surface area (Å²) in [5, 5.41) is 3.49. The van der Waals surface area contributed by atoms with Crippen molar-refractivity contribution < 1.29 is 13.2 Å². The number of nitrogens with zero attached hydrogens (tertiary/aromatic N) is 1. The van der Waals surface area contributed by atoms with Crippen LogP contribution in [0.4, 0.5) is 13.2 Å². The molecule has 1 aliphatic heterocycles. The molecule has 2 aliphatic rings. The average Bonchev–Trinajstić information content (AvgIpc) is 2.95. The van der Waals surface area contributed by atoms with Crippen LogP contribution < -0.4 is 5.32 Å². The minimum absolute atomic E-state index is 0.242. The van der Waals surface area contributed by atoms with Crippen LogP contribution in [0.15, 0.2) is 0 Å². The molecule has 0 aromatic carbocycles. The number of nitrogens with one attached hydrogen (secondary N) is 1. The van der Waals surface area contributed by atoms with Gasteiger partial charge in [0.1, 0.15) is 0 Å². The quantitative estimate of drug-likeness (QED) is 0.778. The van der Waals surface area contributed by atoms with Gasteiger partial charge < -0.3 is 10.2 Å². The van der Waals surface area contributed by atoms with Crippen molar-refractivity contribution in [2.45, 2.75) is 44.3 Å². The van der Waals surface area contributed by atoms with E-state index in [1.165, 1.54) is 12.8 Å². The smallest absolute Gasteiger partial charge is 0.314 e. The van der Waals surface area contributed by atoms with E-state index in [9.17, 15) is 13.2 Å². The van der Waals surface area contributed by atoms with E-state index < -0.39 is 12.6 Å². The van der Waals surface area contributed by atoms with E-state index in [1.54, 1.807) is 0 Å². The third-order valence-corrected chi connectivity index (χ3v) is 3.58.